The Bertz CT molecular complexity index is 846. The SMILES string of the molecule is O=C(NNC(=O)N1CCCC1C(=O)Nc1cccnc1)c1cccc(Cl)c1. The van der Waals surface area contributed by atoms with Crippen LogP contribution in [0.15, 0.2) is 48.8 Å². The fourth-order valence-corrected chi connectivity index (χ4v) is 3.02. The number of hydrogen-bond donors (Lipinski definition) is 3. The summed E-state index contributed by atoms with van der Waals surface area (Å²) in [6.45, 7) is 0.421. The predicted octanol–water partition coefficient (Wildman–Crippen LogP) is 2.19. The van der Waals surface area contributed by atoms with Crippen LogP contribution in [0.5, 0.6) is 0 Å². The van der Waals surface area contributed by atoms with Crippen molar-refractivity contribution in [2.45, 2.75) is 18.9 Å². The van der Waals surface area contributed by atoms with Crippen molar-refractivity contribution in [3.05, 3.63) is 59.4 Å². The molecule has 3 rings (SSSR count). The molecule has 1 saturated heterocycles. The van der Waals surface area contributed by atoms with Crippen LogP contribution in [0, 0.1) is 0 Å². The van der Waals surface area contributed by atoms with Crippen LogP contribution in [-0.2, 0) is 4.79 Å². The Kier molecular flexibility index (Phi) is 5.87. The first-order valence-electron chi connectivity index (χ1n) is 8.38. The molecule has 1 aliphatic rings. The fourth-order valence-electron chi connectivity index (χ4n) is 2.83. The Hall–Kier alpha value is -3.13. The number of aromatic nitrogens is 1. The lowest BCUT2D eigenvalue weighted by Gasteiger charge is -2.24. The van der Waals surface area contributed by atoms with Gasteiger partial charge in [-0.25, -0.2) is 10.2 Å². The van der Waals surface area contributed by atoms with E-state index >= 15 is 0 Å². The summed E-state index contributed by atoms with van der Waals surface area (Å²) in [6.07, 6.45) is 4.37. The summed E-state index contributed by atoms with van der Waals surface area (Å²) in [7, 11) is 0. The Morgan fingerprint density at radius 3 is 2.74 bits per heavy atom. The predicted molar refractivity (Wildman–Crippen MR) is 100 cm³/mol. The molecule has 1 fully saturated rings. The first kappa shape index (κ1) is 18.7. The van der Waals surface area contributed by atoms with E-state index in [1.165, 1.54) is 17.2 Å². The second-order valence-corrected chi connectivity index (χ2v) is 6.41. The Morgan fingerprint density at radius 2 is 2.00 bits per heavy atom. The average molecular weight is 388 g/mol. The molecule has 8 nitrogen and oxygen atoms in total. The van der Waals surface area contributed by atoms with Gasteiger partial charge in [-0.1, -0.05) is 17.7 Å². The number of nitrogens with zero attached hydrogens (tertiary/aromatic N) is 2. The molecule has 140 valence electrons. The minimum atomic E-state index is -0.617. The lowest BCUT2D eigenvalue weighted by atomic mass is 10.2. The zero-order valence-electron chi connectivity index (χ0n) is 14.3. The first-order chi connectivity index (χ1) is 13.0. The third kappa shape index (κ3) is 4.73. The van der Waals surface area contributed by atoms with E-state index < -0.39 is 18.0 Å². The quantitative estimate of drug-likeness (QED) is 0.702. The zero-order chi connectivity index (χ0) is 19.2. The van der Waals surface area contributed by atoms with E-state index in [4.69, 9.17) is 11.6 Å². The highest BCUT2D eigenvalue weighted by Gasteiger charge is 2.34. The van der Waals surface area contributed by atoms with E-state index in [0.717, 1.165) is 0 Å². The summed E-state index contributed by atoms with van der Waals surface area (Å²) < 4.78 is 0. The molecular formula is C18H18ClN5O3. The summed E-state index contributed by atoms with van der Waals surface area (Å²) in [5, 5.41) is 3.16. The van der Waals surface area contributed by atoms with Gasteiger partial charge < -0.3 is 10.2 Å². The zero-order valence-corrected chi connectivity index (χ0v) is 15.1. The molecule has 1 aromatic heterocycles. The fraction of sp³-hybridized carbons (Fsp3) is 0.222. The summed E-state index contributed by atoms with van der Waals surface area (Å²) in [5.41, 5.74) is 5.55. The van der Waals surface area contributed by atoms with Gasteiger partial charge in [0.25, 0.3) is 5.91 Å². The normalized spacial score (nSPS) is 15.9. The number of rotatable bonds is 3. The molecule has 3 N–H and O–H groups in total. The molecule has 2 heterocycles. The Balaban J connectivity index is 1.57. The van der Waals surface area contributed by atoms with Crippen LogP contribution in [0.1, 0.15) is 23.2 Å². The van der Waals surface area contributed by atoms with Crippen molar-refractivity contribution in [2.24, 2.45) is 0 Å². The number of likely N-dealkylation sites (tertiary alicyclic amines) is 1. The molecule has 0 saturated carbocycles. The number of carbonyl (C=O) groups is 3. The molecule has 9 heteroatoms. The van der Waals surface area contributed by atoms with Gasteiger partial charge in [-0.2, -0.15) is 0 Å². The molecular weight excluding hydrogens is 370 g/mol. The number of urea groups is 1. The van der Waals surface area contributed by atoms with Crippen LogP contribution < -0.4 is 16.2 Å². The molecule has 0 bridgehead atoms. The van der Waals surface area contributed by atoms with E-state index in [2.05, 4.69) is 21.2 Å². The maximum atomic E-state index is 12.5. The molecule has 1 atom stereocenters. The highest BCUT2D eigenvalue weighted by atomic mass is 35.5. The van der Waals surface area contributed by atoms with Gasteiger partial charge in [0.2, 0.25) is 5.91 Å². The first-order valence-corrected chi connectivity index (χ1v) is 8.76. The van der Waals surface area contributed by atoms with Crippen molar-refractivity contribution in [1.82, 2.24) is 20.7 Å². The minimum Gasteiger partial charge on any atom is -0.323 e. The smallest absolute Gasteiger partial charge is 0.323 e. The highest BCUT2D eigenvalue weighted by molar-refractivity contribution is 6.30. The molecule has 4 amide bonds. The molecule has 2 aromatic rings. The molecule has 0 spiro atoms. The molecule has 0 radical (unpaired) electrons. The van der Waals surface area contributed by atoms with Crippen LogP contribution in [0.3, 0.4) is 0 Å². The average Bonchev–Trinajstić information content (AvgIpc) is 3.17. The number of amides is 4. The third-order valence-corrected chi connectivity index (χ3v) is 4.35. The maximum absolute atomic E-state index is 12.5. The number of benzene rings is 1. The van der Waals surface area contributed by atoms with Gasteiger partial charge in [-0.15, -0.1) is 0 Å². The monoisotopic (exact) mass is 387 g/mol. The largest absolute Gasteiger partial charge is 0.336 e. The number of halogens is 1. The number of hydrazine groups is 1. The standard InChI is InChI=1S/C18H18ClN5O3/c19-13-5-1-4-12(10-13)16(25)22-23-18(27)24-9-3-7-15(24)17(26)21-14-6-2-8-20-11-14/h1-2,4-6,8,10-11,15H,3,7,9H2,(H,21,26)(H,22,25)(H,23,27). The number of pyridine rings is 1. The Labute approximate surface area is 160 Å². The van der Waals surface area contributed by atoms with Gasteiger partial charge in [0.15, 0.2) is 0 Å². The molecule has 27 heavy (non-hydrogen) atoms. The van der Waals surface area contributed by atoms with Crippen molar-refractivity contribution >= 4 is 35.1 Å². The molecule has 1 aromatic carbocycles. The van der Waals surface area contributed by atoms with Gasteiger partial charge in [0.05, 0.1) is 11.9 Å². The number of anilines is 1. The Morgan fingerprint density at radius 1 is 1.15 bits per heavy atom. The summed E-state index contributed by atoms with van der Waals surface area (Å²) >= 11 is 5.85. The van der Waals surface area contributed by atoms with Gasteiger partial charge >= 0.3 is 6.03 Å². The van der Waals surface area contributed by atoms with Crippen LogP contribution in [-0.4, -0.2) is 40.3 Å². The van der Waals surface area contributed by atoms with Gasteiger partial charge in [-0.05, 0) is 43.2 Å². The number of nitrogens with one attached hydrogen (secondary N) is 3. The van der Waals surface area contributed by atoms with Crippen LogP contribution in [0.2, 0.25) is 5.02 Å². The van der Waals surface area contributed by atoms with Gasteiger partial charge in [0, 0.05) is 23.3 Å². The van der Waals surface area contributed by atoms with Crippen molar-refractivity contribution < 1.29 is 14.4 Å². The van der Waals surface area contributed by atoms with E-state index in [-0.39, 0.29) is 5.91 Å². The van der Waals surface area contributed by atoms with Crippen LogP contribution in [0.25, 0.3) is 0 Å². The molecule has 1 unspecified atom stereocenters. The van der Waals surface area contributed by atoms with Crippen LogP contribution in [0.4, 0.5) is 10.5 Å². The second kappa shape index (κ2) is 8.50. The number of carbonyl (C=O) groups excluding carboxylic acids is 3. The maximum Gasteiger partial charge on any atom is 0.336 e. The third-order valence-electron chi connectivity index (χ3n) is 4.12. The molecule has 0 aliphatic carbocycles. The van der Waals surface area contributed by atoms with E-state index in [1.807, 2.05) is 0 Å². The van der Waals surface area contributed by atoms with Crippen LogP contribution >= 0.6 is 11.6 Å². The highest BCUT2D eigenvalue weighted by Crippen LogP contribution is 2.19. The number of hydrogen-bond acceptors (Lipinski definition) is 4. The van der Waals surface area contributed by atoms with Crippen molar-refractivity contribution in [3.63, 3.8) is 0 Å². The summed E-state index contributed by atoms with van der Waals surface area (Å²) in [6, 6.07) is 8.61. The summed E-state index contributed by atoms with van der Waals surface area (Å²) in [4.78, 5) is 42.3. The lowest BCUT2D eigenvalue weighted by molar-refractivity contribution is -0.119. The summed E-state index contributed by atoms with van der Waals surface area (Å²) in [5.74, 6) is -0.793. The van der Waals surface area contributed by atoms with E-state index in [9.17, 15) is 14.4 Å². The second-order valence-electron chi connectivity index (χ2n) is 5.98. The minimum absolute atomic E-state index is 0.295. The van der Waals surface area contributed by atoms with E-state index in [1.54, 1.807) is 36.5 Å². The lowest BCUT2D eigenvalue weighted by Crippen LogP contribution is -2.52. The van der Waals surface area contributed by atoms with E-state index in [0.29, 0.717) is 35.7 Å². The molecule has 1 aliphatic heterocycles. The van der Waals surface area contributed by atoms with Crippen molar-refractivity contribution in [3.8, 4) is 0 Å². The van der Waals surface area contributed by atoms with Gasteiger partial charge in [-0.3, -0.25) is 20.0 Å². The van der Waals surface area contributed by atoms with Crippen molar-refractivity contribution in [1.29, 1.82) is 0 Å². The van der Waals surface area contributed by atoms with Crippen molar-refractivity contribution in [2.75, 3.05) is 11.9 Å². The topological polar surface area (TPSA) is 103 Å². The van der Waals surface area contributed by atoms with Gasteiger partial charge in [0.1, 0.15) is 6.04 Å².